The molecule has 1 saturated heterocycles. The first-order chi connectivity index (χ1) is 14.2. The molecule has 1 fully saturated rings. The first kappa shape index (κ1) is 21.1. The van der Waals surface area contributed by atoms with Crippen molar-refractivity contribution in [2.75, 3.05) is 31.7 Å². The third kappa shape index (κ3) is 7.07. The number of amides is 1. The van der Waals surface area contributed by atoms with Crippen molar-refractivity contribution >= 4 is 11.6 Å². The van der Waals surface area contributed by atoms with Crippen LogP contribution in [0.3, 0.4) is 0 Å². The average Bonchev–Trinajstić information content (AvgIpc) is 3.25. The van der Waals surface area contributed by atoms with Crippen LogP contribution in [0.1, 0.15) is 31.7 Å². The van der Waals surface area contributed by atoms with Crippen LogP contribution in [0.2, 0.25) is 0 Å². The van der Waals surface area contributed by atoms with Crippen molar-refractivity contribution in [2.45, 2.75) is 38.8 Å². The number of nitrogens with one attached hydrogen (secondary N) is 2. The quantitative estimate of drug-likeness (QED) is 0.564. The molecule has 1 unspecified atom stereocenters. The van der Waals surface area contributed by atoms with Crippen LogP contribution in [0, 0.1) is 0 Å². The highest BCUT2D eigenvalue weighted by molar-refractivity contribution is 5.91. The van der Waals surface area contributed by atoms with Crippen LogP contribution in [0.4, 0.5) is 5.69 Å². The van der Waals surface area contributed by atoms with Crippen molar-refractivity contribution in [3.63, 3.8) is 0 Å². The Kier molecular flexibility index (Phi) is 8.34. The predicted octanol–water partition coefficient (Wildman–Crippen LogP) is 3.76. The smallest absolute Gasteiger partial charge is 0.262 e. The molecular formula is C23H30N2O4. The fraction of sp³-hybridized carbons (Fsp3) is 0.435. The summed E-state index contributed by atoms with van der Waals surface area (Å²) in [5.74, 6) is 1.01. The van der Waals surface area contributed by atoms with Gasteiger partial charge in [-0.1, -0.05) is 24.3 Å². The van der Waals surface area contributed by atoms with Crippen molar-refractivity contribution in [1.29, 1.82) is 0 Å². The molecule has 0 aliphatic carbocycles. The molecule has 0 bridgehead atoms. The highest BCUT2D eigenvalue weighted by atomic mass is 16.5. The first-order valence-electron chi connectivity index (χ1n) is 10.3. The largest absolute Gasteiger partial charge is 0.490 e. The van der Waals surface area contributed by atoms with Gasteiger partial charge in [0.1, 0.15) is 0 Å². The van der Waals surface area contributed by atoms with Gasteiger partial charge >= 0.3 is 0 Å². The van der Waals surface area contributed by atoms with Crippen LogP contribution >= 0.6 is 0 Å². The minimum Gasteiger partial charge on any atom is -0.490 e. The summed E-state index contributed by atoms with van der Waals surface area (Å²) in [5.41, 5.74) is 1.86. The Bertz CT molecular complexity index is 761. The lowest BCUT2D eigenvalue weighted by Gasteiger charge is -2.14. The van der Waals surface area contributed by atoms with Gasteiger partial charge in [-0.15, -0.1) is 0 Å². The minimum atomic E-state index is -0.210. The number of carbonyl (C=O) groups excluding carboxylic acids is 1. The molecule has 2 aromatic rings. The van der Waals surface area contributed by atoms with Crippen molar-refractivity contribution in [3.8, 4) is 11.5 Å². The normalized spacial score (nSPS) is 15.8. The van der Waals surface area contributed by atoms with E-state index in [1.54, 1.807) is 0 Å². The molecule has 0 spiro atoms. The summed E-state index contributed by atoms with van der Waals surface area (Å²) in [4.78, 5) is 12.1. The van der Waals surface area contributed by atoms with Gasteiger partial charge in [0.2, 0.25) is 0 Å². The van der Waals surface area contributed by atoms with Gasteiger partial charge in [-0.05, 0) is 62.6 Å². The molecular weight excluding hydrogens is 368 g/mol. The molecule has 1 heterocycles. The summed E-state index contributed by atoms with van der Waals surface area (Å²) in [7, 11) is 0. The molecule has 6 nitrogen and oxygen atoms in total. The van der Waals surface area contributed by atoms with Crippen LogP contribution in [-0.4, -0.2) is 38.4 Å². The number of benzene rings is 2. The molecule has 0 saturated carbocycles. The van der Waals surface area contributed by atoms with Crippen LogP contribution < -0.4 is 20.1 Å². The number of carbonyl (C=O) groups is 1. The van der Waals surface area contributed by atoms with Crippen molar-refractivity contribution < 1.29 is 19.0 Å². The molecule has 3 rings (SSSR count). The van der Waals surface area contributed by atoms with Gasteiger partial charge in [0.05, 0.1) is 12.7 Å². The molecule has 2 N–H and O–H groups in total. The number of hydrogen-bond acceptors (Lipinski definition) is 5. The molecule has 1 amide bonds. The Morgan fingerprint density at radius 1 is 1.14 bits per heavy atom. The number of hydrogen-bond donors (Lipinski definition) is 2. The molecule has 1 atom stereocenters. The number of ether oxygens (including phenoxy) is 3. The number of rotatable bonds is 11. The Morgan fingerprint density at radius 2 is 2.00 bits per heavy atom. The van der Waals surface area contributed by atoms with Gasteiger partial charge in [-0.3, -0.25) is 4.79 Å². The second-order valence-electron chi connectivity index (χ2n) is 7.02. The van der Waals surface area contributed by atoms with E-state index in [-0.39, 0.29) is 12.5 Å². The van der Waals surface area contributed by atoms with Crippen molar-refractivity contribution in [1.82, 2.24) is 5.32 Å². The Labute approximate surface area is 172 Å². The van der Waals surface area contributed by atoms with E-state index in [9.17, 15) is 4.79 Å². The second kappa shape index (κ2) is 11.4. The van der Waals surface area contributed by atoms with Gasteiger partial charge in [0.25, 0.3) is 5.91 Å². The maximum atomic E-state index is 12.1. The zero-order valence-corrected chi connectivity index (χ0v) is 17.0. The lowest BCUT2D eigenvalue weighted by atomic mass is 10.1. The van der Waals surface area contributed by atoms with Crippen LogP contribution in [0.25, 0.3) is 0 Å². The topological polar surface area (TPSA) is 68.8 Å². The van der Waals surface area contributed by atoms with E-state index in [0.717, 1.165) is 37.4 Å². The maximum absolute atomic E-state index is 12.1. The monoisotopic (exact) mass is 398 g/mol. The summed E-state index contributed by atoms with van der Waals surface area (Å²) in [6.45, 7) is 4.95. The summed E-state index contributed by atoms with van der Waals surface area (Å²) >= 11 is 0. The average molecular weight is 399 g/mol. The van der Waals surface area contributed by atoms with Gasteiger partial charge in [0, 0.05) is 18.8 Å². The standard InChI is InChI=1S/C23H30N2O4/c1-2-27-22-15-18(16-24-13-12-20-9-6-14-28-20)10-11-21(22)29-17-23(26)25-19-7-4-3-5-8-19/h3-5,7-8,10-11,15,20,24H,2,6,9,12-14,16-17H2,1H3,(H,25,26). The number of para-hydroxylation sites is 1. The fourth-order valence-electron chi connectivity index (χ4n) is 3.28. The van der Waals surface area contributed by atoms with Gasteiger partial charge in [0.15, 0.2) is 18.1 Å². The summed E-state index contributed by atoms with van der Waals surface area (Å²) in [6.07, 6.45) is 3.78. The van der Waals surface area contributed by atoms with Crippen LogP contribution in [-0.2, 0) is 16.1 Å². The number of anilines is 1. The third-order valence-corrected chi connectivity index (χ3v) is 4.72. The Morgan fingerprint density at radius 3 is 2.76 bits per heavy atom. The van der Waals surface area contributed by atoms with E-state index in [1.807, 2.05) is 55.5 Å². The lowest BCUT2D eigenvalue weighted by molar-refractivity contribution is -0.118. The first-order valence-corrected chi connectivity index (χ1v) is 10.3. The fourth-order valence-corrected chi connectivity index (χ4v) is 3.28. The lowest BCUT2D eigenvalue weighted by Crippen LogP contribution is -2.21. The molecule has 2 aromatic carbocycles. The Hall–Kier alpha value is -2.57. The van der Waals surface area contributed by atoms with Crippen LogP contribution in [0.15, 0.2) is 48.5 Å². The van der Waals surface area contributed by atoms with Gasteiger partial charge in [-0.2, -0.15) is 0 Å². The molecule has 0 aromatic heterocycles. The predicted molar refractivity (Wildman–Crippen MR) is 113 cm³/mol. The maximum Gasteiger partial charge on any atom is 0.262 e. The van der Waals surface area contributed by atoms with Crippen molar-refractivity contribution in [3.05, 3.63) is 54.1 Å². The zero-order valence-electron chi connectivity index (χ0n) is 17.0. The zero-order chi connectivity index (χ0) is 20.3. The van der Waals surface area contributed by atoms with E-state index < -0.39 is 0 Å². The summed E-state index contributed by atoms with van der Waals surface area (Å²) in [6, 6.07) is 15.1. The van der Waals surface area contributed by atoms with Crippen molar-refractivity contribution in [2.24, 2.45) is 0 Å². The van der Waals surface area contributed by atoms with E-state index in [4.69, 9.17) is 14.2 Å². The minimum absolute atomic E-state index is 0.0754. The molecule has 0 radical (unpaired) electrons. The third-order valence-electron chi connectivity index (χ3n) is 4.72. The molecule has 1 aliphatic heterocycles. The van der Waals surface area contributed by atoms with Gasteiger partial charge < -0.3 is 24.8 Å². The highest BCUT2D eigenvalue weighted by Gasteiger charge is 2.14. The summed E-state index contributed by atoms with van der Waals surface area (Å²) < 4.78 is 17.1. The van der Waals surface area contributed by atoms with E-state index in [0.29, 0.717) is 24.2 Å². The molecule has 156 valence electrons. The molecule has 6 heteroatoms. The molecule has 1 aliphatic rings. The van der Waals surface area contributed by atoms with E-state index in [2.05, 4.69) is 10.6 Å². The summed E-state index contributed by atoms with van der Waals surface area (Å²) in [5, 5.41) is 6.26. The molecule has 29 heavy (non-hydrogen) atoms. The second-order valence-corrected chi connectivity index (χ2v) is 7.02. The SMILES string of the molecule is CCOc1cc(CNCCC2CCCO2)ccc1OCC(=O)Nc1ccccc1. The van der Waals surface area contributed by atoms with Crippen LogP contribution in [0.5, 0.6) is 11.5 Å². The van der Waals surface area contributed by atoms with E-state index in [1.165, 1.54) is 12.8 Å². The van der Waals surface area contributed by atoms with E-state index >= 15 is 0 Å². The Balaban J connectivity index is 1.48. The van der Waals surface area contributed by atoms with Gasteiger partial charge in [-0.25, -0.2) is 0 Å². The highest BCUT2D eigenvalue weighted by Crippen LogP contribution is 2.28.